The highest BCUT2D eigenvalue weighted by atomic mass is 35.5. The van der Waals surface area contributed by atoms with E-state index in [9.17, 15) is 0 Å². The zero-order valence-electron chi connectivity index (χ0n) is 10.9. The number of hydrogen-bond donors (Lipinski definition) is 1. The highest BCUT2D eigenvalue weighted by molar-refractivity contribution is 6.30. The van der Waals surface area contributed by atoms with Crippen molar-refractivity contribution >= 4 is 17.4 Å². The second kappa shape index (κ2) is 4.98. The summed E-state index contributed by atoms with van der Waals surface area (Å²) in [6, 6.07) is 3.93. The molecule has 2 aromatic heterocycles. The molecule has 5 heteroatoms. The number of nitrogens with zero attached hydrogens (tertiary/aromatic N) is 2. The zero-order chi connectivity index (χ0) is 13.3. The molecule has 1 N–H and O–H groups in total. The average molecular weight is 266 g/mol. The first kappa shape index (κ1) is 12.9. The predicted molar refractivity (Wildman–Crippen MR) is 72.0 cm³/mol. The van der Waals surface area contributed by atoms with Gasteiger partial charge >= 0.3 is 0 Å². The largest absolute Gasteiger partial charge is 0.464 e. The van der Waals surface area contributed by atoms with Crippen LogP contribution in [0.3, 0.4) is 0 Å². The molecule has 0 fully saturated rings. The SMILES string of the molecule is Cc1nc(Cl)c(C)c(NC(C)c2ccc(C)o2)n1. The van der Waals surface area contributed by atoms with E-state index in [1.54, 1.807) is 0 Å². The summed E-state index contributed by atoms with van der Waals surface area (Å²) in [5, 5.41) is 3.77. The van der Waals surface area contributed by atoms with E-state index in [1.807, 2.05) is 39.8 Å². The Hall–Kier alpha value is -1.55. The quantitative estimate of drug-likeness (QED) is 0.857. The lowest BCUT2D eigenvalue weighted by molar-refractivity contribution is 0.466. The van der Waals surface area contributed by atoms with Crippen molar-refractivity contribution in [2.75, 3.05) is 5.32 Å². The van der Waals surface area contributed by atoms with Gasteiger partial charge in [-0.1, -0.05) is 11.6 Å². The summed E-state index contributed by atoms with van der Waals surface area (Å²) in [5.74, 6) is 3.16. The van der Waals surface area contributed by atoms with Crippen LogP contribution in [0.15, 0.2) is 16.5 Å². The Morgan fingerprint density at radius 3 is 2.56 bits per heavy atom. The van der Waals surface area contributed by atoms with E-state index in [0.29, 0.717) is 11.0 Å². The van der Waals surface area contributed by atoms with Crippen LogP contribution in [0.5, 0.6) is 0 Å². The van der Waals surface area contributed by atoms with Gasteiger partial charge in [-0.25, -0.2) is 9.97 Å². The van der Waals surface area contributed by atoms with Crippen molar-refractivity contribution in [1.29, 1.82) is 0 Å². The Kier molecular flexibility index (Phi) is 3.57. The number of nitrogens with one attached hydrogen (secondary N) is 1. The molecule has 0 aromatic carbocycles. The van der Waals surface area contributed by atoms with Crippen molar-refractivity contribution < 1.29 is 4.42 Å². The van der Waals surface area contributed by atoms with Gasteiger partial charge in [0.2, 0.25) is 0 Å². The monoisotopic (exact) mass is 265 g/mol. The van der Waals surface area contributed by atoms with Gasteiger partial charge in [-0.15, -0.1) is 0 Å². The molecule has 0 aliphatic rings. The second-order valence-electron chi connectivity index (χ2n) is 4.35. The molecule has 1 unspecified atom stereocenters. The van der Waals surface area contributed by atoms with E-state index in [2.05, 4.69) is 15.3 Å². The van der Waals surface area contributed by atoms with E-state index in [1.165, 1.54) is 0 Å². The first-order chi connectivity index (χ1) is 8.47. The highest BCUT2D eigenvalue weighted by Gasteiger charge is 2.13. The van der Waals surface area contributed by atoms with Crippen molar-refractivity contribution in [2.24, 2.45) is 0 Å². The van der Waals surface area contributed by atoms with Crippen LogP contribution in [0.1, 0.15) is 35.9 Å². The fourth-order valence-electron chi connectivity index (χ4n) is 1.70. The third-order valence-corrected chi connectivity index (χ3v) is 3.11. The minimum atomic E-state index is 0.0303. The van der Waals surface area contributed by atoms with Crippen molar-refractivity contribution in [3.8, 4) is 0 Å². The molecule has 0 saturated heterocycles. The van der Waals surface area contributed by atoms with Gasteiger partial charge in [0.15, 0.2) is 0 Å². The van der Waals surface area contributed by atoms with Crippen LogP contribution >= 0.6 is 11.6 Å². The maximum Gasteiger partial charge on any atom is 0.137 e. The molecule has 2 heterocycles. The van der Waals surface area contributed by atoms with Gasteiger partial charge in [0.1, 0.15) is 28.3 Å². The van der Waals surface area contributed by atoms with Gasteiger partial charge in [-0.2, -0.15) is 0 Å². The van der Waals surface area contributed by atoms with Crippen LogP contribution in [-0.2, 0) is 0 Å². The molecule has 0 radical (unpaired) electrons. The minimum absolute atomic E-state index is 0.0303. The first-order valence-electron chi connectivity index (χ1n) is 5.81. The summed E-state index contributed by atoms with van der Waals surface area (Å²) in [7, 11) is 0. The summed E-state index contributed by atoms with van der Waals surface area (Å²) in [6.07, 6.45) is 0. The van der Waals surface area contributed by atoms with Crippen LogP contribution in [0.2, 0.25) is 5.15 Å². The predicted octanol–water partition coefficient (Wildman–Crippen LogP) is 3.82. The summed E-state index contributed by atoms with van der Waals surface area (Å²) in [6.45, 7) is 7.65. The Morgan fingerprint density at radius 1 is 1.22 bits per heavy atom. The summed E-state index contributed by atoms with van der Waals surface area (Å²) >= 11 is 6.04. The molecule has 4 nitrogen and oxygen atoms in total. The Morgan fingerprint density at radius 2 is 1.94 bits per heavy atom. The fourth-order valence-corrected chi connectivity index (χ4v) is 1.91. The van der Waals surface area contributed by atoms with Gasteiger partial charge in [0.05, 0.1) is 6.04 Å². The van der Waals surface area contributed by atoms with Crippen LogP contribution in [0, 0.1) is 20.8 Å². The molecule has 0 bridgehead atoms. The van der Waals surface area contributed by atoms with Gasteiger partial charge in [0.25, 0.3) is 0 Å². The normalized spacial score (nSPS) is 12.5. The molecule has 0 amide bonds. The van der Waals surface area contributed by atoms with E-state index in [0.717, 1.165) is 22.9 Å². The van der Waals surface area contributed by atoms with E-state index < -0.39 is 0 Å². The lowest BCUT2D eigenvalue weighted by Crippen LogP contribution is -2.10. The van der Waals surface area contributed by atoms with E-state index >= 15 is 0 Å². The summed E-state index contributed by atoms with van der Waals surface area (Å²) < 4.78 is 5.58. The molecular weight excluding hydrogens is 250 g/mol. The van der Waals surface area contributed by atoms with Gasteiger partial charge in [0, 0.05) is 5.56 Å². The molecule has 2 aromatic rings. The lowest BCUT2D eigenvalue weighted by atomic mass is 10.2. The van der Waals surface area contributed by atoms with Crippen molar-refractivity contribution in [2.45, 2.75) is 33.7 Å². The van der Waals surface area contributed by atoms with Gasteiger partial charge < -0.3 is 9.73 Å². The van der Waals surface area contributed by atoms with Gasteiger partial charge in [-0.3, -0.25) is 0 Å². The van der Waals surface area contributed by atoms with Crippen LogP contribution in [-0.4, -0.2) is 9.97 Å². The Labute approximate surface area is 111 Å². The maximum absolute atomic E-state index is 6.04. The number of anilines is 1. The van der Waals surface area contributed by atoms with Crippen molar-refractivity contribution in [1.82, 2.24) is 9.97 Å². The number of aryl methyl sites for hydroxylation is 2. The Balaban J connectivity index is 2.24. The summed E-state index contributed by atoms with van der Waals surface area (Å²) in [4.78, 5) is 8.47. The van der Waals surface area contributed by atoms with Crippen LogP contribution < -0.4 is 5.32 Å². The van der Waals surface area contributed by atoms with Crippen LogP contribution in [0.25, 0.3) is 0 Å². The number of halogens is 1. The second-order valence-corrected chi connectivity index (χ2v) is 4.71. The maximum atomic E-state index is 6.04. The molecule has 2 rings (SSSR count). The number of aromatic nitrogens is 2. The smallest absolute Gasteiger partial charge is 0.137 e. The van der Waals surface area contributed by atoms with Crippen molar-refractivity contribution in [3.05, 3.63) is 40.2 Å². The molecule has 0 saturated carbocycles. The minimum Gasteiger partial charge on any atom is -0.464 e. The topological polar surface area (TPSA) is 51.0 Å². The number of rotatable bonds is 3. The highest BCUT2D eigenvalue weighted by Crippen LogP contribution is 2.25. The third-order valence-electron chi connectivity index (χ3n) is 2.74. The molecule has 18 heavy (non-hydrogen) atoms. The van der Waals surface area contributed by atoms with Gasteiger partial charge in [-0.05, 0) is 39.8 Å². The molecule has 0 spiro atoms. The number of hydrogen-bond acceptors (Lipinski definition) is 4. The molecule has 0 aliphatic heterocycles. The summed E-state index contributed by atoms with van der Waals surface area (Å²) in [5.41, 5.74) is 0.845. The molecule has 96 valence electrons. The van der Waals surface area contributed by atoms with E-state index in [-0.39, 0.29) is 6.04 Å². The van der Waals surface area contributed by atoms with Crippen molar-refractivity contribution in [3.63, 3.8) is 0 Å². The first-order valence-corrected chi connectivity index (χ1v) is 6.19. The zero-order valence-corrected chi connectivity index (χ0v) is 11.7. The average Bonchev–Trinajstić information content (AvgIpc) is 2.72. The molecular formula is C13H16ClN3O. The van der Waals surface area contributed by atoms with Crippen LogP contribution in [0.4, 0.5) is 5.82 Å². The van der Waals surface area contributed by atoms with E-state index in [4.69, 9.17) is 16.0 Å². The standard InChI is InChI=1S/C13H16ClN3O/c1-7-5-6-11(18-7)9(3)15-13-8(2)12(14)16-10(4)17-13/h5-6,9H,1-4H3,(H,15,16,17). The third kappa shape index (κ3) is 2.64. The molecule has 0 aliphatic carbocycles. The molecule has 1 atom stereocenters. The number of furan rings is 1. The lowest BCUT2D eigenvalue weighted by Gasteiger charge is -2.15. The Bertz CT molecular complexity index is 565. The fraction of sp³-hybridized carbons (Fsp3) is 0.385.